The molecular formula is C9H13N3O. The van der Waals surface area contributed by atoms with Crippen LogP contribution in [-0.2, 0) is 4.79 Å². The molecule has 0 aromatic rings. The molecule has 3 rings (SSSR count). The van der Waals surface area contributed by atoms with E-state index in [1.807, 2.05) is 0 Å². The fourth-order valence-corrected chi connectivity index (χ4v) is 2.49. The smallest absolute Gasteiger partial charge is 0.283 e. The van der Waals surface area contributed by atoms with Crippen LogP contribution in [0.1, 0.15) is 19.3 Å². The summed E-state index contributed by atoms with van der Waals surface area (Å²) in [6.07, 6.45) is 5.69. The van der Waals surface area contributed by atoms with Crippen LogP contribution in [0.25, 0.3) is 0 Å². The van der Waals surface area contributed by atoms with Gasteiger partial charge in [-0.15, -0.1) is 0 Å². The van der Waals surface area contributed by atoms with E-state index in [1.54, 1.807) is 12.1 Å². The third kappa shape index (κ3) is 0.682. The molecule has 1 unspecified atom stereocenters. The summed E-state index contributed by atoms with van der Waals surface area (Å²) >= 11 is 0. The molecule has 3 heterocycles. The fourth-order valence-electron chi connectivity index (χ4n) is 2.49. The van der Waals surface area contributed by atoms with Gasteiger partial charge in [-0.3, -0.25) is 9.80 Å². The Balaban J connectivity index is 1.89. The summed E-state index contributed by atoms with van der Waals surface area (Å²) in [5.41, 5.74) is 4.06. The highest BCUT2D eigenvalue weighted by Crippen LogP contribution is 2.42. The zero-order valence-corrected chi connectivity index (χ0v) is 7.71. The summed E-state index contributed by atoms with van der Waals surface area (Å²) in [6, 6.07) is 0. The minimum atomic E-state index is -0.426. The van der Waals surface area contributed by atoms with Gasteiger partial charge in [-0.25, -0.2) is 0 Å². The number of carbonyl (C=O) groups is 1. The monoisotopic (exact) mass is 179 g/mol. The van der Waals surface area contributed by atoms with Crippen LogP contribution in [0.4, 0.5) is 0 Å². The topological polar surface area (TPSA) is 35.6 Å². The number of carbonyl (C=O) groups excluding carboxylic acids is 1. The molecule has 3 aliphatic heterocycles. The first-order chi connectivity index (χ1) is 6.24. The van der Waals surface area contributed by atoms with Gasteiger partial charge in [0.25, 0.3) is 5.91 Å². The van der Waals surface area contributed by atoms with Gasteiger partial charge in [0, 0.05) is 19.3 Å². The Labute approximate surface area is 77.2 Å². The number of likely N-dealkylation sites (N-methyl/N-ethyl adjacent to an activating group) is 1. The molecular weight excluding hydrogens is 166 g/mol. The molecule has 0 aromatic heterocycles. The first-order valence-electron chi connectivity index (χ1n) is 4.79. The predicted molar refractivity (Wildman–Crippen MR) is 47.3 cm³/mol. The van der Waals surface area contributed by atoms with Gasteiger partial charge in [-0.2, -0.15) is 5.43 Å². The molecule has 0 saturated carbocycles. The second-order valence-electron chi connectivity index (χ2n) is 3.99. The standard InChI is InChI=1S/C9H13N3O/c1-11-8(13)9(10-11)6-7-4-2-3-5-12(7)9/h6,10H,2-5H2,1H3. The van der Waals surface area contributed by atoms with Crippen molar-refractivity contribution in [3.63, 3.8) is 0 Å². The second-order valence-corrected chi connectivity index (χ2v) is 3.99. The molecule has 0 radical (unpaired) electrons. The van der Waals surface area contributed by atoms with Crippen LogP contribution in [0.5, 0.6) is 0 Å². The Bertz CT molecular complexity index is 312. The number of nitrogens with one attached hydrogen (secondary N) is 1. The number of piperidine rings is 1. The van der Waals surface area contributed by atoms with Gasteiger partial charge in [0.15, 0.2) is 0 Å². The lowest BCUT2D eigenvalue weighted by molar-refractivity contribution is -0.176. The number of hydrogen-bond donors (Lipinski definition) is 1. The normalized spacial score (nSPS) is 36.7. The molecule has 1 amide bonds. The van der Waals surface area contributed by atoms with E-state index in [1.165, 1.54) is 18.5 Å². The van der Waals surface area contributed by atoms with E-state index < -0.39 is 5.66 Å². The highest BCUT2D eigenvalue weighted by Gasteiger charge is 2.59. The van der Waals surface area contributed by atoms with Crippen LogP contribution in [0.15, 0.2) is 11.8 Å². The Morgan fingerprint density at radius 2 is 2.38 bits per heavy atom. The summed E-state index contributed by atoms with van der Waals surface area (Å²) in [6.45, 7) is 1.03. The van der Waals surface area contributed by atoms with Crippen molar-refractivity contribution in [2.75, 3.05) is 13.6 Å². The van der Waals surface area contributed by atoms with Crippen molar-refractivity contribution in [3.8, 4) is 0 Å². The van der Waals surface area contributed by atoms with Crippen LogP contribution >= 0.6 is 0 Å². The van der Waals surface area contributed by atoms with Crippen LogP contribution in [0, 0.1) is 0 Å². The van der Waals surface area contributed by atoms with Crippen molar-refractivity contribution in [3.05, 3.63) is 11.8 Å². The van der Waals surface area contributed by atoms with E-state index in [0.717, 1.165) is 13.0 Å². The van der Waals surface area contributed by atoms with E-state index in [0.29, 0.717) is 0 Å². The van der Waals surface area contributed by atoms with Gasteiger partial charge in [-0.1, -0.05) is 0 Å². The van der Waals surface area contributed by atoms with Gasteiger partial charge in [0.2, 0.25) is 5.66 Å². The molecule has 0 bridgehead atoms. The lowest BCUT2D eigenvalue weighted by Gasteiger charge is -2.60. The summed E-state index contributed by atoms with van der Waals surface area (Å²) < 4.78 is 0. The number of hydrazine groups is 1. The van der Waals surface area contributed by atoms with Gasteiger partial charge in [0.1, 0.15) is 0 Å². The molecule has 3 aliphatic rings. The van der Waals surface area contributed by atoms with E-state index in [4.69, 9.17) is 0 Å². The van der Waals surface area contributed by atoms with E-state index >= 15 is 0 Å². The number of fused-ring (bicyclic) bond motifs is 2. The van der Waals surface area contributed by atoms with Crippen LogP contribution in [0.3, 0.4) is 0 Å². The van der Waals surface area contributed by atoms with Crippen LogP contribution < -0.4 is 5.43 Å². The third-order valence-corrected chi connectivity index (χ3v) is 3.18. The Morgan fingerprint density at radius 3 is 3.00 bits per heavy atom. The molecule has 1 atom stereocenters. The summed E-state index contributed by atoms with van der Waals surface area (Å²) in [5.74, 6) is 0.179. The fraction of sp³-hybridized carbons (Fsp3) is 0.667. The Morgan fingerprint density at radius 1 is 1.54 bits per heavy atom. The van der Waals surface area contributed by atoms with Crippen molar-refractivity contribution in [2.45, 2.75) is 24.9 Å². The Kier molecular flexibility index (Phi) is 1.17. The van der Waals surface area contributed by atoms with Gasteiger partial charge >= 0.3 is 0 Å². The van der Waals surface area contributed by atoms with Crippen molar-refractivity contribution in [1.29, 1.82) is 0 Å². The molecule has 0 aliphatic carbocycles. The highest BCUT2D eigenvalue weighted by atomic mass is 16.2. The highest BCUT2D eigenvalue weighted by molar-refractivity contribution is 5.94. The number of allylic oxidation sites excluding steroid dienone is 1. The van der Waals surface area contributed by atoms with Gasteiger partial charge < -0.3 is 4.90 Å². The summed E-state index contributed by atoms with van der Waals surface area (Å²) in [4.78, 5) is 13.8. The quantitative estimate of drug-likeness (QED) is 0.570. The number of hydrogen-bond acceptors (Lipinski definition) is 3. The molecule has 1 N–H and O–H groups in total. The first kappa shape index (κ1) is 7.38. The lowest BCUT2D eigenvalue weighted by Crippen LogP contribution is -2.83. The molecule has 4 nitrogen and oxygen atoms in total. The predicted octanol–water partition coefficient (Wildman–Crippen LogP) is 0.0427. The summed E-state index contributed by atoms with van der Waals surface area (Å²) in [5, 5.41) is 1.56. The molecule has 1 spiro atoms. The third-order valence-electron chi connectivity index (χ3n) is 3.18. The largest absolute Gasteiger partial charge is 0.344 e. The zero-order valence-electron chi connectivity index (χ0n) is 7.71. The van der Waals surface area contributed by atoms with Gasteiger partial charge in [0.05, 0.1) is 0 Å². The maximum Gasteiger partial charge on any atom is 0.283 e. The minimum Gasteiger partial charge on any atom is -0.344 e. The number of nitrogens with zero attached hydrogens (tertiary/aromatic N) is 2. The summed E-state index contributed by atoms with van der Waals surface area (Å²) in [7, 11) is 1.77. The average molecular weight is 179 g/mol. The molecule has 2 fully saturated rings. The second kappa shape index (κ2) is 2.07. The SMILES string of the molecule is CN1NC2(C=C3CCCCN32)C1=O. The molecule has 2 saturated heterocycles. The van der Waals surface area contributed by atoms with Crippen LogP contribution in [0.2, 0.25) is 0 Å². The van der Waals surface area contributed by atoms with Crippen molar-refractivity contribution in [1.82, 2.24) is 15.3 Å². The van der Waals surface area contributed by atoms with Crippen molar-refractivity contribution in [2.24, 2.45) is 0 Å². The molecule has 70 valence electrons. The van der Waals surface area contributed by atoms with Crippen molar-refractivity contribution < 1.29 is 4.79 Å². The molecule has 4 heteroatoms. The average Bonchev–Trinajstić information content (AvgIpc) is 2.13. The molecule has 0 aromatic carbocycles. The van der Waals surface area contributed by atoms with Gasteiger partial charge in [-0.05, 0) is 25.3 Å². The van der Waals surface area contributed by atoms with E-state index in [9.17, 15) is 4.79 Å². The maximum atomic E-state index is 11.6. The first-order valence-corrected chi connectivity index (χ1v) is 4.79. The van der Waals surface area contributed by atoms with E-state index in [-0.39, 0.29) is 5.91 Å². The number of rotatable bonds is 0. The van der Waals surface area contributed by atoms with Crippen LogP contribution in [-0.4, -0.2) is 35.1 Å². The van der Waals surface area contributed by atoms with Crippen molar-refractivity contribution >= 4 is 5.91 Å². The Hall–Kier alpha value is -1.03. The molecule has 13 heavy (non-hydrogen) atoms. The minimum absolute atomic E-state index is 0.179. The number of amides is 1. The lowest BCUT2D eigenvalue weighted by atomic mass is 9.87. The maximum absolute atomic E-state index is 11.6. The van der Waals surface area contributed by atoms with E-state index in [2.05, 4.69) is 16.4 Å². The zero-order chi connectivity index (χ0) is 9.05.